The first-order valence-electron chi connectivity index (χ1n) is 10.7. The summed E-state index contributed by atoms with van der Waals surface area (Å²) in [7, 11) is 0. The van der Waals surface area contributed by atoms with E-state index in [0.29, 0.717) is 22.1 Å². The molecule has 158 valence electrons. The molecule has 0 N–H and O–H groups in total. The minimum absolute atomic E-state index is 0.0372. The number of carbonyl (C=O) groups is 1. The highest BCUT2D eigenvalue weighted by molar-refractivity contribution is 7.17. The van der Waals surface area contributed by atoms with Crippen LogP contribution in [0.3, 0.4) is 0 Å². The maximum absolute atomic E-state index is 13.2. The van der Waals surface area contributed by atoms with Gasteiger partial charge in [0.1, 0.15) is 17.5 Å². The van der Waals surface area contributed by atoms with Gasteiger partial charge in [-0.15, -0.1) is 11.3 Å². The first kappa shape index (κ1) is 20.8. The van der Waals surface area contributed by atoms with Crippen molar-refractivity contribution in [2.45, 2.75) is 65.0 Å². The summed E-state index contributed by atoms with van der Waals surface area (Å²) in [5.74, 6) is 0.665. The van der Waals surface area contributed by atoms with E-state index in [0.717, 1.165) is 30.4 Å². The van der Waals surface area contributed by atoms with E-state index in [-0.39, 0.29) is 24.2 Å². The number of esters is 1. The minimum atomic E-state index is -0.365. The van der Waals surface area contributed by atoms with Crippen molar-refractivity contribution in [2.75, 3.05) is 0 Å². The molecular formula is C24H28N2O3S. The number of fused-ring (bicyclic) bond motifs is 1. The number of benzene rings is 1. The average molecular weight is 425 g/mol. The Morgan fingerprint density at radius 3 is 2.73 bits per heavy atom. The summed E-state index contributed by atoms with van der Waals surface area (Å²) >= 11 is 1.45. The molecule has 1 aliphatic rings. The fourth-order valence-electron chi connectivity index (χ4n) is 4.19. The second kappa shape index (κ2) is 8.72. The monoisotopic (exact) mass is 424 g/mol. The standard InChI is InChI=1S/C24H28N2O3S/c1-15(2)17-7-9-18(10-8-17)20-13-30-23-22(20)24(28)26(14-25-23)12-21(27)29-19-6-4-5-16(3)11-19/h7-10,13-16,19H,4-6,11-12H2,1-3H3/t16-,19+/m0/s1. The molecule has 3 aromatic rings. The third kappa shape index (κ3) is 4.33. The van der Waals surface area contributed by atoms with Gasteiger partial charge in [-0.3, -0.25) is 14.2 Å². The van der Waals surface area contributed by atoms with Gasteiger partial charge in [0.2, 0.25) is 0 Å². The molecule has 0 aliphatic heterocycles. The van der Waals surface area contributed by atoms with Crippen LogP contribution in [0.2, 0.25) is 0 Å². The van der Waals surface area contributed by atoms with Crippen molar-refractivity contribution >= 4 is 27.5 Å². The van der Waals surface area contributed by atoms with E-state index in [1.807, 2.05) is 17.5 Å². The Kier molecular flexibility index (Phi) is 6.04. The predicted octanol–water partition coefficient (Wildman–Crippen LogP) is 5.37. The number of hydrogen-bond donors (Lipinski definition) is 0. The number of rotatable bonds is 5. The van der Waals surface area contributed by atoms with Crippen LogP contribution in [0.25, 0.3) is 21.3 Å². The van der Waals surface area contributed by atoms with Crippen LogP contribution in [0, 0.1) is 5.92 Å². The highest BCUT2D eigenvalue weighted by Crippen LogP contribution is 2.31. The zero-order chi connectivity index (χ0) is 21.3. The van der Waals surface area contributed by atoms with Crippen molar-refractivity contribution in [1.29, 1.82) is 0 Å². The van der Waals surface area contributed by atoms with E-state index in [2.05, 4.69) is 37.9 Å². The Morgan fingerprint density at radius 1 is 1.27 bits per heavy atom. The normalized spacial score (nSPS) is 19.3. The van der Waals surface area contributed by atoms with Gasteiger partial charge in [0.15, 0.2) is 0 Å². The molecule has 2 aromatic heterocycles. The summed E-state index contributed by atoms with van der Waals surface area (Å²) in [6.07, 6.45) is 5.50. The molecule has 0 unspecified atom stereocenters. The van der Waals surface area contributed by atoms with Crippen LogP contribution >= 0.6 is 11.3 Å². The van der Waals surface area contributed by atoms with E-state index in [1.165, 1.54) is 34.2 Å². The Morgan fingerprint density at radius 2 is 2.03 bits per heavy atom. The lowest BCUT2D eigenvalue weighted by Gasteiger charge is -2.26. The van der Waals surface area contributed by atoms with Gasteiger partial charge < -0.3 is 4.74 Å². The fourth-order valence-corrected chi connectivity index (χ4v) is 5.09. The summed E-state index contributed by atoms with van der Waals surface area (Å²) in [4.78, 5) is 30.7. The number of aromatic nitrogens is 2. The lowest BCUT2D eigenvalue weighted by Crippen LogP contribution is -2.30. The van der Waals surface area contributed by atoms with Gasteiger partial charge in [-0.2, -0.15) is 0 Å². The van der Waals surface area contributed by atoms with Crippen molar-refractivity contribution in [2.24, 2.45) is 5.92 Å². The van der Waals surface area contributed by atoms with Crippen molar-refractivity contribution in [3.8, 4) is 11.1 Å². The van der Waals surface area contributed by atoms with Crippen LogP contribution < -0.4 is 5.56 Å². The van der Waals surface area contributed by atoms with Gasteiger partial charge in [-0.25, -0.2) is 4.98 Å². The molecule has 2 atom stereocenters. The number of thiophene rings is 1. The number of ether oxygens (including phenoxy) is 1. The molecule has 0 bridgehead atoms. The quantitative estimate of drug-likeness (QED) is 0.517. The molecule has 30 heavy (non-hydrogen) atoms. The zero-order valence-electron chi connectivity index (χ0n) is 17.8. The summed E-state index contributed by atoms with van der Waals surface area (Å²) in [5, 5.41) is 2.54. The number of carbonyl (C=O) groups excluding carboxylic acids is 1. The third-order valence-corrected chi connectivity index (χ3v) is 6.82. The summed E-state index contributed by atoms with van der Waals surface area (Å²) in [5.41, 5.74) is 2.92. The summed E-state index contributed by atoms with van der Waals surface area (Å²) in [6.45, 7) is 6.40. The van der Waals surface area contributed by atoms with Crippen LogP contribution in [-0.4, -0.2) is 21.6 Å². The van der Waals surface area contributed by atoms with Gasteiger partial charge in [-0.05, 0) is 42.2 Å². The van der Waals surface area contributed by atoms with Crippen molar-refractivity contribution in [3.63, 3.8) is 0 Å². The van der Waals surface area contributed by atoms with E-state index in [9.17, 15) is 9.59 Å². The Bertz CT molecular complexity index is 1100. The lowest BCUT2D eigenvalue weighted by molar-refractivity contribution is -0.152. The van der Waals surface area contributed by atoms with Crippen LogP contribution in [0.1, 0.15) is 57.9 Å². The van der Waals surface area contributed by atoms with Crippen molar-refractivity contribution < 1.29 is 9.53 Å². The molecule has 5 nitrogen and oxygen atoms in total. The number of nitrogens with zero attached hydrogens (tertiary/aromatic N) is 2. The van der Waals surface area contributed by atoms with Crippen molar-refractivity contribution in [3.05, 3.63) is 51.9 Å². The van der Waals surface area contributed by atoms with Crippen LogP contribution in [-0.2, 0) is 16.1 Å². The molecule has 4 rings (SSSR count). The Hall–Kier alpha value is -2.47. The van der Waals surface area contributed by atoms with Gasteiger partial charge >= 0.3 is 5.97 Å². The topological polar surface area (TPSA) is 61.2 Å². The van der Waals surface area contributed by atoms with Gasteiger partial charge in [0, 0.05) is 10.9 Å². The Balaban J connectivity index is 1.58. The molecular weight excluding hydrogens is 396 g/mol. The fraction of sp³-hybridized carbons (Fsp3) is 0.458. The molecule has 0 radical (unpaired) electrons. The smallest absolute Gasteiger partial charge is 0.326 e. The molecule has 1 fully saturated rings. The average Bonchev–Trinajstić information content (AvgIpc) is 3.15. The third-order valence-electron chi connectivity index (χ3n) is 5.93. The van der Waals surface area contributed by atoms with E-state index in [1.54, 1.807) is 0 Å². The maximum Gasteiger partial charge on any atom is 0.326 e. The van der Waals surface area contributed by atoms with Gasteiger partial charge in [-0.1, -0.05) is 51.5 Å². The van der Waals surface area contributed by atoms with Gasteiger partial charge in [0.05, 0.1) is 11.7 Å². The molecule has 1 aliphatic carbocycles. The predicted molar refractivity (Wildman–Crippen MR) is 121 cm³/mol. The van der Waals surface area contributed by atoms with Crippen molar-refractivity contribution in [1.82, 2.24) is 9.55 Å². The van der Waals surface area contributed by atoms with Gasteiger partial charge in [0.25, 0.3) is 5.56 Å². The van der Waals surface area contributed by atoms with E-state index in [4.69, 9.17) is 4.74 Å². The number of hydrogen-bond acceptors (Lipinski definition) is 5. The molecule has 0 amide bonds. The first-order chi connectivity index (χ1) is 14.4. The van der Waals surface area contributed by atoms with E-state index >= 15 is 0 Å². The second-order valence-electron chi connectivity index (χ2n) is 8.67. The highest BCUT2D eigenvalue weighted by atomic mass is 32.1. The SMILES string of the molecule is CC(C)c1ccc(-c2csc3ncn(CC(=O)O[C@@H]4CCC[C@H](C)C4)c(=O)c23)cc1. The van der Waals surface area contributed by atoms with E-state index < -0.39 is 0 Å². The lowest BCUT2D eigenvalue weighted by atomic mass is 9.89. The molecule has 6 heteroatoms. The zero-order valence-corrected chi connectivity index (χ0v) is 18.6. The van der Waals surface area contributed by atoms with Crippen LogP contribution in [0.15, 0.2) is 40.8 Å². The largest absolute Gasteiger partial charge is 0.461 e. The van der Waals surface area contributed by atoms with Crippen LogP contribution in [0.4, 0.5) is 0 Å². The minimum Gasteiger partial charge on any atom is -0.461 e. The molecule has 1 saturated carbocycles. The molecule has 1 aromatic carbocycles. The van der Waals surface area contributed by atoms with Crippen LogP contribution in [0.5, 0.6) is 0 Å². The Labute approximate surface area is 180 Å². The summed E-state index contributed by atoms with van der Waals surface area (Å²) < 4.78 is 7.01. The molecule has 2 heterocycles. The first-order valence-corrected chi connectivity index (χ1v) is 11.6. The highest BCUT2D eigenvalue weighted by Gasteiger charge is 2.23. The summed E-state index contributed by atoms with van der Waals surface area (Å²) in [6, 6.07) is 8.29. The second-order valence-corrected chi connectivity index (χ2v) is 9.53. The maximum atomic E-state index is 13.2. The molecule has 0 spiro atoms. The molecule has 0 saturated heterocycles.